The highest BCUT2D eigenvalue weighted by atomic mass is 35.5. The summed E-state index contributed by atoms with van der Waals surface area (Å²) in [6, 6.07) is 31.1. The number of cyclic esters (lactones) is 1. The number of allylic oxidation sites excluding steroid dienone is 3. The number of halogens is 1. The molecule has 3 aromatic carbocycles. The molecule has 3 aromatic rings. The smallest absolute Gasteiger partial charge is 0.431 e. The van der Waals surface area contributed by atoms with Crippen molar-refractivity contribution in [3.63, 3.8) is 0 Å². The summed E-state index contributed by atoms with van der Waals surface area (Å²) in [6.45, 7) is 13.2. The number of hydrogen-bond acceptors (Lipinski definition) is 5. The summed E-state index contributed by atoms with van der Waals surface area (Å²) in [5.74, 6) is 0.246. The van der Waals surface area contributed by atoms with E-state index < -0.39 is 26.4 Å². The first-order valence-electron chi connectivity index (χ1n) is 17.3. The summed E-state index contributed by atoms with van der Waals surface area (Å²) in [5.41, 5.74) is 3.10. The molecule has 2 bridgehead atoms. The molecule has 0 amide bonds. The van der Waals surface area contributed by atoms with Gasteiger partial charge in [-0.05, 0) is 85.3 Å². The van der Waals surface area contributed by atoms with Gasteiger partial charge in [-0.15, -0.1) is 0 Å². The molecule has 48 heavy (non-hydrogen) atoms. The number of carbonyl (C=O) groups is 1. The molecule has 1 saturated carbocycles. The van der Waals surface area contributed by atoms with Crippen molar-refractivity contribution >= 4 is 26.1 Å². The standard InChI is InChI=1S/C41H51ClO5Si/c1-30-17-16-24-36(42)26-25-31-27-32(37(28-31)45-39(43)46-38(30)47-48(5,6)40(2,3)4)29-44-41(33-18-10-7-11-19-33,34-20-12-8-13-21-34)35-22-14-9-15-23-35/h7-15,17-23,26,31-32,37-38H,16,24-25,27-29H2,1-6H3/b30-17-,36-26+/t31-,32+,37+,38-/m0/s1. The van der Waals surface area contributed by atoms with Crippen LogP contribution in [0.4, 0.5) is 4.79 Å². The molecule has 0 saturated heterocycles. The number of benzene rings is 3. The molecule has 1 aliphatic carbocycles. The van der Waals surface area contributed by atoms with E-state index >= 15 is 0 Å². The van der Waals surface area contributed by atoms with Gasteiger partial charge in [-0.1, -0.05) is 136 Å². The van der Waals surface area contributed by atoms with E-state index in [2.05, 4.69) is 82.4 Å². The van der Waals surface area contributed by atoms with Gasteiger partial charge in [0.2, 0.25) is 6.29 Å². The second-order valence-corrected chi connectivity index (χ2v) is 20.0. The Morgan fingerprint density at radius 2 is 1.35 bits per heavy atom. The van der Waals surface area contributed by atoms with E-state index in [9.17, 15) is 4.79 Å². The predicted octanol–water partition coefficient (Wildman–Crippen LogP) is 11.1. The minimum Gasteiger partial charge on any atom is -0.431 e. The molecule has 0 aromatic heterocycles. The van der Waals surface area contributed by atoms with Gasteiger partial charge in [-0.3, -0.25) is 0 Å². The van der Waals surface area contributed by atoms with Crippen molar-refractivity contribution in [3.8, 4) is 0 Å². The first kappa shape index (κ1) is 36.1. The molecule has 4 atom stereocenters. The van der Waals surface area contributed by atoms with Gasteiger partial charge in [0.15, 0.2) is 8.32 Å². The van der Waals surface area contributed by atoms with E-state index in [1.807, 2.05) is 61.5 Å². The van der Waals surface area contributed by atoms with Crippen LogP contribution in [0.3, 0.4) is 0 Å². The Morgan fingerprint density at radius 3 is 1.88 bits per heavy atom. The summed E-state index contributed by atoms with van der Waals surface area (Å²) in [5, 5.41) is 0.790. The van der Waals surface area contributed by atoms with E-state index in [1.165, 1.54) is 0 Å². The second-order valence-electron chi connectivity index (χ2n) is 14.8. The van der Waals surface area contributed by atoms with Crippen LogP contribution in [0.5, 0.6) is 0 Å². The zero-order valence-corrected chi connectivity index (χ0v) is 31.0. The van der Waals surface area contributed by atoms with E-state index in [0.29, 0.717) is 18.9 Å². The molecule has 0 radical (unpaired) electrons. The first-order valence-corrected chi connectivity index (χ1v) is 20.5. The summed E-state index contributed by atoms with van der Waals surface area (Å²) in [7, 11) is -2.28. The van der Waals surface area contributed by atoms with Gasteiger partial charge < -0.3 is 18.6 Å². The normalized spacial score (nSPS) is 25.1. The first-order chi connectivity index (χ1) is 22.9. The highest BCUT2D eigenvalue weighted by Crippen LogP contribution is 2.44. The van der Waals surface area contributed by atoms with Crippen molar-refractivity contribution in [1.82, 2.24) is 0 Å². The van der Waals surface area contributed by atoms with Gasteiger partial charge in [-0.25, -0.2) is 4.79 Å². The minimum atomic E-state index is -2.28. The van der Waals surface area contributed by atoms with Crippen LogP contribution in [0.25, 0.3) is 0 Å². The molecular formula is C41H51ClO5Si. The van der Waals surface area contributed by atoms with E-state index in [1.54, 1.807) is 0 Å². The molecule has 1 fully saturated rings. The zero-order chi connectivity index (χ0) is 34.4. The minimum absolute atomic E-state index is 0.0493. The SMILES string of the molecule is C/C1=C/CC/C(Cl)=C\C[C@H]2C[C@H](COC(c3ccccc3)(c3ccccc3)c3ccccc3)[C@@H](C2)OC(=O)O[C@H]1O[Si](C)(C)C(C)(C)C. The van der Waals surface area contributed by atoms with Crippen LogP contribution in [0, 0.1) is 11.8 Å². The van der Waals surface area contributed by atoms with Crippen molar-refractivity contribution in [1.29, 1.82) is 0 Å². The fourth-order valence-corrected chi connectivity index (χ4v) is 7.85. The van der Waals surface area contributed by atoms with E-state index in [-0.39, 0.29) is 17.1 Å². The third-order valence-corrected chi connectivity index (χ3v) is 15.1. The van der Waals surface area contributed by atoms with Gasteiger partial charge in [0, 0.05) is 11.0 Å². The van der Waals surface area contributed by atoms with Crippen molar-refractivity contribution in [3.05, 3.63) is 130 Å². The highest BCUT2D eigenvalue weighted by Gasteiger charge is 2.44. The van der Waals surface area contributed by atoms with Gasteiger partial charge in [0.25, 0.3) is 0 Å². The predicted molar refractivity (Wildman–Crippen MR) is 196 cm³/mol. The maximum Gasteiger partial charge on any atom is 0.511 e. The van der Waals surface area contributed by atoms with Crippen molar-refractivity contribution in [2.24, 2.45) is 11.8 Å². The van der Waals surface area contributed by atoms with E-state index in [0.717, 1.165) is 53.0 Å². The Morgan fingerprint density at radius 1 is 0.812 bits per heavy atom. The summed E-state index contributed by atoms with van der Waals surface area (Å²) >= 11 is 6.72. The van der Waals surface area contributed by atoms with Crippen LogP contribution in [0.2, 0.25) is 18.1 Å². The molecule has 2 aliphatic rings. The molecule has 5 rings (SSSR count). The Bertz CT molecular complexity index is 1450. The van der Waals surface area contributed by atoms with Crippen molar-refractivity contribution in [2.45, 2.75) is 95.9 Å². The lowest BCUT2D eigenvalue weighted by atomic mass is 9.80. The molecule has 0 unspecified atom stereocenters. The molecule has 1 heterocycles. The third kappa shape index (κ3) is 8.52. The molecule has 0 spiro atoms. The molecule has 1 aliphatic heterocycles. The Hall–Kier alpha value is -3.16. The number of ether oxygens (including phenoxy) is 3. The molecule has 0 N–H and O–H groups in total. The third-order valence-electron chi connectivity index (χ3n) is 10.3. The maximum atomic E-state index is 13.6. The highest BCUT2D eigenvalue weighted by molar-refractivity contribution is 6.74. The number of fused-ring (bicyclic) bond motifs is 2. The Balaban J connectivity index is 1.46. The van der Waals surface area contributed by atoms with Crippen LogP contribution in [0.15, 0.2) is 114 Å². The lowest BCUT2D eigenvalue weighted by molar-refractivity contribution is -0.0779. The second kappa shape index (κ2) is 15.6. The van der Waals surface area contributed by atoms with Gasteiger partial charge in [0.1, 0.15) is 11.7 Å². The summed E-state index contributed by atoms with van der Waals surface area (Å²) in [6.07, 6.45) is 6.15. The summed E-state index contributed by atoms with van der Waals surface area (Å²) in [4.78, 5) is 13.6. The average molecular weight is 687 g/mol. The quantitative estimate of drug-likeness (QED) is 0.102. The van der Waals surface area contributed by atoms with Crippen molar-refractivity contribution < 1.29 is 23.4 Å². The van der Waals surface area contributed by atoms with Gasteiger partial charge in [0.05, 0.1) is 6.61 Å². The lowest BCUT2D eigenvalue weighted by Crippen LogP contribution is -2.45. The molecular weight excluding hydrogens is 636 g/mol. The Labute approximate surface area is 293 Å². The summed E-state index contributed by atoms with van der Waals surface area (Å²) < 4.78 is 26.1. The zero-order valence-electron chi connectivity index (χ0n) is 29.3. The van der Waals surface area contributed by atoms with Gasteiger partial charge in [-0.2, -0.15) is 0 Å². The van der Waals surface area contributed by atoms with Gasteiger partial charge >= 0.3 is 6.16 Å². The number of hydrogen-bond donors (Lipinski definition) is 0. The topological polar surface area (TPSA) is 54.0 Å². The van der Waals surface area contributed by atoms with E-state index in [4.69, 9.17) is 30.2 Å². The lowest BCUT2D eigenvalue weighted by Gasteiger charge is -2.39. The largest absolute Gasteiger partial charge is 0.511 e. The van der Waals surface area contributed by atoms with Crippen LogP contribution in [-0.2, 0) is 24.2 Å². The monoisotopic (exact) mass is 686 g/mol. The molecule has 7 heteroatoms. The fraction of sp³-hybridized carbons (Fsp3) is 0.439. The average Bonchev–Trinajstić information content (AvgIpc) is 3.45. The van der Waals surface area contributed by atoms with Crippen LogP contribution < -0.4 is 0 Å². The Kier molecular flexibility index (Phi) is 11.7. The number of rotatable bonds is 8. The molecule has 5 nitrogen and oxygen atoms in total. The van der Waals surface area contributed by atoms with Crippen LogP contribution in [-0.4, -0.2) is 33.5 Å². The maximum absolute atomic E-state index is 13.6. The number of carbonyl (C=O) groups excluding carboxylic acids is 1. The molecule has 256 valence electrons. The van der Waals surface area contributed by atoms with Crippen molar-refractivity contribution in [2.75, 3.05) is 6.61 Å². The van der Waals surface area contributed by atoms with Crippen LogP contribution >= 0.6 is 11.6 Å². The fourth-order valence-electron chi connectivity index (χ4n) is 6.53. The van der Waals surface area contributed by atoms with Crippen LogP contribution in [0.1, 0.15) is 76.5 Å².